The van der Waals surface area contributed by atoms with Gasteiger partial charge in [-0.2, -0.15) is 0 Å². The fraction of sp³-hybridized carbons (Fsp3) is 0.429. The van der Waals surface area contributed by atoms with Gasteiger partial charge >= 0.3 is 0 Å². The largest absolute Gasteiger partial charge is 0.361 e. The van der Waals surface area contributed by atoms with Crippen LogP contribution in [0.5, 0.6) is 0 Å². The van der Waals surface area contributed by atoms with Crippen LogP contribution in [0.15, 0.2) is 30.5 Å². The summed E-state index contributed by atoms with van der Waals surface area (Å²) in [7, 11) is 2.02. The van der Waals surface area contributed by atoms with Gasteiger partial charge in [0.1, 0.15) is 0 Å². The van der Waals surface area contributed by atoms with Crippen molar-refractivity contribution < 1.29 is 0 Å². The van der Waals surface area contributed by atoms with Gasteiger partial charge in [0.05, 0.1) is 0 Å². The highest BCUT2D eigenvalue weighted by atomic mass is 14.8. The van der Waals surface area contributed by atoms with E-state index >= 15 is 0 Å². The summed E-state index contributed by atoms with van der Waals surface area (Å²) < 4.78 is 0. The van der Waals surface area contributed by atoms with Gasteiger partial charge in [0.2, 0.25) is 0 Å². The molecule has 2 heteroatoms. The van der Waals surface area contributed by atoms with Crippen molar-refractivity contribution in [1.29, 1.82) is 0 Å². The Morgan fingerprint density at radius 1 is 1.31 bits per heavy atom. The molecule has 0 spiro atoms. The highest BCUT2D eigenvalue weighted by Crippen LogP contribution is 2.29. The molecule has 0 saturated carbocycles. The quantitative estimate of drug-likeness (QED) is 0.788. The molecule has 2 aromatic rings. The van der Waals surface area contributed by atoms with Gasteiger partial charge in [-0.3, -0.25) is 0 Å². The van der Waals surface area contributed by atoms with Crippen molar-refractivity contribution in [3.8, 4) is 0 Å². The summed E-state index contributed by atoms with van der Waals surface area (Å²) >= 11 is 0. The first-order valence-electron chi connectivity index (χ1n) is 6.07. The summed E-state index contributed by atoms with van der Waals surface area (Å²) in [4.78, 5) is 3.36. The summed E-state index contributed by atoms with van der Waals surface area (Å²) in [6.07, 6.45) is 4.58. The number of aromatic amines is 1. The van der Waals surface area contributed by atoms with Crippen LogP contribution in [0.25, 0.3) is 10.9 Å². The minimum Gasteiger partial charge on any atom is -0.361 e. The van der Waals surface area contributed by atoms with Crippen molar-refractivity contribution in [2.45, 2.75) is 25.7 Å². The molecule has 0 aliphatic carbocycles. The molecule has 2 N–H and O–H groups in total. The third-order valence-corrected chi connectivity index (χ3v) is 3.30. The lowest BCUT2D eigenvalue weighted by Gasteiger charge is -2.13. The average molecular weight is 216 g/mol. The van der Waals surface area contributed by atoms with Gasteiger partial charge in [-0.15, -0.1) is 0 Å². The summed E-state index contributed by atoms with van der Waals surface area (Å²) in [6, 6.07) is 8.55. The number of benzene rings is 1. The molecular weight excluding hydrogens is 196 g/mol. The summed E-state index contributed by atoms with van der Waals surface area (Å²) in [6.45, 7) is 3.35. The molecule has 0 saturated heterocycles. The van der Waals surface area contributed by atoms with Crippen LogP contribution in [0, 0.1) is 0 Å². The number of fused-ring (bicyclic) bond motifs is 1. The molecule has 1 aromatic carbocycles. The van der Waals surface area contributed by atoms with Gasteiger partial charge < -0.3 is 10.3 Å². The monoisotopic (exact) mass is 216 g/mol. The minimum atomic E-state index is 0.656. The Morgan fingerprint density at radius 3 is 2.88 bits per heavy atom. The predicted octanol–water partition coefficient (Wildman–Crippen LogP) is 3.27. The molecule has 0 aliphatic rings. The lowest BCUT2D eigenvalue weighted by atomic mass is 9.93. The standard InChI is InChI=1S/C14H20N2/c1-3-11(8-9-15-2)13-10-16-14-7-5-4-6-12(13)14/h4-7,10-11,15-16H,3,8-9H2,1-2H3. The van der Waals surface area contributed by atoms with E-state index in [0.29, 0.717) is 5.92 Å². The third-order valence-electron chi connectivity index (χ3n) is 3.30. The van der Waals surface area contributed by atoms with Crippen LogP contribution in [0.3, 0.4) is 0 Å². The molecule has 1 heterocycles. The highest BCUT2D eigenvalue weighted by Gasteiger charge is 2.13. The average Bonchev–Trinajstić information content (AvgIpc) is 2.75. The molecule has 16 heavy (non-hydrogen) atoms. The normalized spacial score (nSPS) is 13.1. The Morgan fingerprint density at radius 2 is 2.12 bits per heavy atom. The second kappa shape index (κ2) is 5.17. The minimum absolute atomic E-state index is 0.656. The van der Waals surface area contributed by atoms with Crippen LogP contribution in [-0.2, 0) is 0 Å². The number of aromatic nitrogens is 1. The molecule has 0 fully saturated rings. The van der Waals surface area contributed by atoms with Crippen molar-refractivity contribution in [3.05, 3.63) is 36.0 Å². The maximum Gasteiger partial charge on any atom is 0.0456 e. The molecule has 86 valence electrons. The van der Waals surface area contributed by atoms with Crippen LogP contribution in [0.1, 0.15) is 31.2 Å². The predicted molar refractivity (Wildman–Crippen MR) is 69.9 cm³/mol. The number of hydrogen-bond acceptors (Lipinski definition) is 1. The topological polar surface area (TPSA) is 27.8 Å². The van der Waals surface area contributed by atoms with Crippen LogP contribution in [0.2, 0.25) is 0 Å². The fourth-order valence-electron chi connectivity index (χ4n) is 2.33. The summed E-state index contributed by atoms with van der Waals surface area (Å²) in [5, 5.41) is 4.61. The van der Waals surface area contributed by atoms with Crippen molar-refractivity contribution >= 4 is 10.9 Å². The molecule has 0 aliphatic heterocycles. The molecule has 0 bridgehead atoms. The Hall–Kier alpha value is -1.28. The molecule has 0 radical (unpaired) electrons. The van der Waals surface area contributed by atoms with E-state index in [4.69, 9.17) is 0 Å². The van der Waals surface area contributed by atoms with Gasteiger partial charge in [-0.25, -0.2) is 0 Å². The second-order valence-corrected chi connectivity index (χ2v) is 4.29. The summed E-state index contributed by atoms with van der Waals surface area (Å²) in [5.41, 5.74) is 2.72. The van der Waals surface area contributed by atoms with E-state index in [-0.39, 0.29) is 0 Å². The van der Waals surface area contributed by atoms with Gasteiger partial charge in [0.15, 0.2) is 0 Å². The molecule has 1 aromatic heterocycles. The van der Waals surface area contributed by atoms with E-state index in [9.17, 15) is 0 Å². The van der Waals surface area contributed by atoms with E-state index in [0.717, 1.165) is 6.54 Å². The Bertz CT molecular complexity index is 445. The van der Waals surface area contributed by atoms with Crippen molar-refractivity contribution in [2.24, 2.45) is 0 Å². The zero-order valence-electron chi connectivity index (χ0n) is 10.1. The third kappa shape index (κ3) is 2.12. The first-order valence-corrected chi connectivity index (χ1v) is 6.07. The molecule has 2 rings (SSSR count). The number of hydrogen-bond donors (Lipinski definition) is 2. The van der Waals surface area contributed by atoms with E-state index in [2.05, 4.69) is 47.7 Å². The number of para-hydroxylation sites is 1. The summed E-state index contributed by atoms with van der Waals surface area (Å²) in [5.74, 6) is 0.656. The lowest BCUT2D eigenvalue weighted by molar-refractivity contribution is 0.584. The number of nitrogens with one attached hydrogen (secondary N) is 2. The van der Waals surface area contributed by atoms with Gasteiger partial charge in [-0.05, 0) is 44.0 Å². The zero-order chi connectivity index (χ0) is 11.4. The van der Waals surface area contributed by atoms with E-state index in [1.165, 1.54) is 29.3 Å². The number of H-pyrrole nitrogens is 1. The van der Waals surface area contributed by atoms with E-state index < -0.39 is 0 Å². The molecular formula is C14H20N2. The lowest BCUT2D eigenvalue weighted by Crippen LogP contribution is -2.11. The Balaban J connectivity index is 2.30. The van der Waals surface area contributed by atoms with Gasteiger partial charge in [0, 0.05) is 17.1 Å². The van der Waals surface area contributed by atoms with Crippen LogP contribution >= 0.6 is 0 Å². The van der Waals surface area contributed by atoms with Crippen LogP contribution in [0.4, 0.5) is 0 Å². The van der Waals surface area contributed by atoms with Crippen LogP contribution < -0.4 is 5.32 Å². The number of rotatable bonds is 5. The maximum absolute atomic E-state index is 3.36. The van der Waals surface area contributed by atoms with Gasteiger partial charge in [0.25, 0.3) is 0 Å². The van der Waals surface area contributed by atoms with Gasteiger partial charge in [-0.1, -0.05) is 25.1 Å². The maximum atomic E-state index is 3.36. The highest BCUT2D eigenvalue weighted by molar-refractivity contribution is 5.83. The fourth-order valence-corrected chi connectivity index (χ4v) is 2.33. The van der Waals surface area contributed by atoms with Crippen LogP contribution in [-0.4, -0.2) is 18.6 Å². The second-order valence-electron chi connectivity index (χ2n) is 4.29. The molecule has 1 unspecified atom stereocenters. The molecule has 0 amide bonds. The van der Waals surface area contributed by atoms with Crippen molar-refractivity contribution in [2.75, 3.05) is 13.6 Å². The smallest absolute Gasteiger partial charge is 0.0456 e. The Labute approximate surface area is 97.1 Å². The van der Waals surface area contributed by atoms with Crippen molar-refractivity contribution in [3.63, 3.8) is 0 Å². The first-order chi connectivity index (χ1) is 7.86. The van der Waals surface area contributed by atoms with E-state index in [1.807, 2.05) is 7.05 Å². The molecule has 1 atom stereocenters. The SMILES string of the molecule is CCC(CCNC)c1c[nH]c2ccccc12. The molecule has 2 nitrogen and oxygen atoms in total. The zero-order valence-corrected chi connectivity index (χ0v) is 10.1. The Kier molecular flexibility index (Phi) is 3.62. The van der Waals surface area contributed by atoms with E-state index in [1.54, 1.807) is 0 Å². The van der Waals surface area contributed by atoms with Crippen molar-refractivity contribution in [1.82, 2.24) is 10.3 Å². The first kappa shape index (κ1) is 11.2.